The number of ether oxygens (including phenoxy) is 2. The van der Waals surface area contributed by atoms with Gasteiger partial charge in [0.25, 0.3) is 0 Å². The van der Waals surface area contributed by atoms with Crippen molar-refractivity contribution in [3.8, 4) is 17.0 Å². The summed E-state index contributed by atoms with van der Waals surface area (Å²) in [6.45, 7) is 2.21. The lowest BCUT2D eigenvalue weighted by Crippen LogP contribution is -2.30. The summed E-state index contributed by atoms with van der Waals surface area (Å²) in [5.74, 6) is 0.851. The summed E-state index contributed by atoms with van der Waals surface area (Å²) in [6.07, 6.45) is 0.935. The molecule has 1 aliphatic heterocycles. The molecule has 0 fully saturated rings. The largest absolute Gasteiger partial charge is 0.493 e. The van der Waals surface area contributed by atoms with Crippen LogP contribution in [0.3, 0.4) is 0 Å². The number of benzene rings is 1. The minimum Gasteiger partial charge on any atom is -0.493 e. The van der Waals surface area contributed by atoms with E-state index in [1.54, 1.807) is 7.11 Å². The Hall–Kier alpha value is -1.96. The number of carbonyl (C=O) groups excluding carboxylic acids is 1. The lowest BCUT2D eigenvalue weighted by Gasteiger charge is -2.04. The van der Waals surface area contributed by atoms with E-state index in [2.05, 4.69) is 21.7 Å². The number of carbonyl (C=O) groups is 1. The SMILES string of the molecule is COCCNCC(=O)Nc1nc(-c2ccc3c(c2)CCO3)cs1. The third-order valence-corrected chi connectivity index (χ3v) is 4.26. The van der Waals surface area contributed by atoms with Crippen LogP contribution in [-0.2, 0) is 16.0 Å². The van der Waals surface area contributed by atoms with E-state index >= 15 is 0 Å². The second kappa shape index (κ2) is 7.54. The van der Waals surface area contributed by atoms with Gasteiger partial charge in [0.05, 0.1) is 25.5 Å². The van der Waals surface area contributed by atoms with Crippen molar-refractivity contribution < 1.29 is 14.3 Å². The van der Waals surface area contributed by atoms with Crippen molar-refractivity contribution in [2.24, 2.45) is 0 Å². The third-order valence-electron chi connectivity index (χ3n) is 3.50. The molecule has 0 bridgehead atoms. The molecule has 0 atom stereocenters. The van der Waals surface area contributed by atoms with Crippen molar-refractivity contribution in [3.63, 3.8) is 0 Å². The average Bonchev–Trinajstić information content (AvgIpc) is 3.19. The summed E-state index contributed by atoms with van der Waals surface area (Å²) in [5.41, 5.74) is 3.12. The topological polar surface area (TPSA) is 72.5 Å². The molecule has 1 aromatic heterocycles. The van der Waals surface area contributed by atoms with Crippen LogP contribution in [0.15, 0.2) is 23.6 Å². The molecule has 2 aromatic rings. The molecular weight excluding hydrogens is 314 g/mol. The highest BCUT2D eigenvalue weighted by molar-refractivity contribution is 7.14. The predicted octanol–water partition coefficient (Wildman–Crippen LogP) is 1.92. The molecule has 3 rings (SSSR count). The smallest absolute Gasteiger partial charge is 0.240 e. The van der Waals surface area contributed by atoms with E-state index in [1.165, 1.54) is 16.9 Å². The van der Waals surface area contributed by atoms with Crippen LogP contribution >= 0.6 is 11.3 Å². The van der Waals surface area contributed by atoms with E-state index in [1.807, 2.05) is 17.5 Å². The van der Waals surface area contributed by atoms with Crippen LogP contribution in [0.2, 0.25) is 0 Å². The molecule has 23 heavy (non-hydrogen) atoms. The van der Waals surface area contributed by atoms with Crippen LogP contribution in [0.5, 0.6) is 5.75 Å². The van der Waals surface area contributed by atoms with Crippen LogP contribution < -0.4 is 15.4 Å². The van der Waals surface area contributed by atoms with E-state index in [9.17, 15) is 4.79 Å². The summed E-state index contributed by atoms with van der Waals surface area (Å²) in [7, 11) is 1.63. The van der Waals surface area contributed by atoms with Gasteiger partial charge in [0.1, 0.15) is 5.75 Å². The highest BCUT2D eigenvalue weighted by Gasteiger charge is 2.14. The fraction of sp³-hybridized carbons (Fsp3) is 0.375. The zero-order valence-electron chi connectivity index (χ0n) is 12.9. The Kier molecular flexibility index (Phi) is 5.22. The molecule has 0 saturated heterocycles. The summed E-state index contributed by atoms with van der Waals surface area (Å²) < 4.78 is 10.4. The van der Waals surface area contributed by atoms with Crippen LogP contribution in [0.1, 0.15) is 5.56 Å². The number of amides is 1. The zero-order valence-corrected chi connectivity index (χ0v) is 13.7. The number of anilines is 1. The maximum Gasteiger partial charge on any atom is 0.240 e. The monoisotopic (exact) mass is 333 g/mol. The molecule has 0 spiro atoms. The van der Waals surface area contributed by atoms with Crippen molar-refractivity contribution >= 4 is 22.4 Å². The molecule has 2 heterocycles. The van der Waals surface area contributed by atoms with Gasteiger partial charge in [0, 0.05) is 31.0 Å². The number of thiazole rings is 1. The van der Waals surface area contributed by atoms with Crippen LogP contribution in [0, 0.1) is 0 Å². The molecule has 1 amide bonds. The molecular formula is C16H19N3O3S. The molecule has 0 aliphatic carbocycles. The maximum atomic E-state index is 11.8. The standard InChI is InChI=1S/C16H19N3O3S/c1-21-7-5-17-9-15(20)19-16-18-13(10-23-16)11-2-3-14-12(8-11)4-6-22-14/h2-3,8,10,17H,4-7,9H2,1H3,(H,18,19,20). The first-order valence-electron chi connectivity index (χ1n) is 7.47. The van der Waals surface area contributed by atoms with Gasteiger partial charge in [-0.15, -0.1) is 11.3 Å². The van der Waals surface area contributed by atoms with Crippen molar-refractivity contribution in [2.45, 2.75) is 6.42 Å². The highest BCUT2D eigenvalue weighted by Crippen LogP contribution is 2.31. The second-order valence-electron chi connectivity index (χ2n) is 5.18. The first-order chi connectivity index (χ1) is 11.3. The van der Waals surface area contributed by atoms with Gasteiger partial charge >= 0.3 is 0 Å². The number of hydrogen-bond acceptors (Lipinski definition) is 6. The lowest BCUT2D eigenvalue weighted by molar-refractivity contribution is -0.115. The van der Waals surface area contributed by atoms with Crippen molar-refractivity contribution in [1.82, 2.24) is 10.3 Å². The van der Waals surface area contributed by atoms with Crippen LogP contribution in [-0.4, -0.2) is 44.3 Å². The molecule has 7 heteroatoms. The number of rotatable bonds is 7. The summed E-state index contributed by atoms with van der Waals surface area (Å²) in [4.78, 5) is 16.3. The third kappa shape index (κ3) is 4.07. The number of nitrogens with zero attached hydrogens (tertiary/aromatic N) is 1. The van der Waals surface area contributed by atoms with Crippen LogP contribution in [0.25, 0.3) is 11.3 Å². The van der Waals surface area contributed by atoms with E-state index in [0.717, 1.165) is 30.0 Å². The lowest BCUT2D eigenvalue weighted by atomic mass is 10.1. The summed E-state index contributed by atoms with van der Waals surface area (Å²) in [6, 6.07) is 6.08. The fourth-order valence-corrected chi connectivity index (χ4v) is 3.09. The Morgan fingerprint density at radius 1 is 1.48 bits per heavy atom. The number of fused-ring (bicyclic) bond motifs is 1. The molecule has 0 radical (unpaired) electrons. The molecule has 122 valence electrons. The minimum absolute atomic E-state index is 0.107. The van der Waals surface area contributed by atoms with Crippen LogP contribution in [0.4, 0.5) is 5.13 Å². The first kappa shape index (κ1) is 15.9. The Bertz CT molecular complexity index is 687. The first-order valence-corrected chi connectivity index (χ1v) is 8.35. The number of methoxy groups -OCH3 is 1. The van der Waals surface area contributed by atoms with Gasteiger partial charge in [-0.05, 0) is 23.8 Å². The molecule has 0 unspecified atom stereocenters. The van der Waals surface area contributed by atoms with Gasteiger partial charge in [-0.2, -0.15) is 0 Å². The van der Waals surface area contributed by atoms with E-state index in [0.29, 0.717) is 18.3 Å². The fourth-order valence-electron chi connectivity index (χ4n) is 2.35. The molecule has 1 aliphatic rings. The number of aromatic nitrogens is 1. The summed E-state index contributed by atoms with van der Waals surface area (Å²) >= 11 is 1.42. The summed E-state index contributed by atoms with van der Waals surface area (Å²) in [5, 5.41) is 8.36. The van der Waals surface area contributed by atoms with Gasteiger partial charge < -0.3 is 20.1 Å². The molecule has 6 nitrogen and oxygen atoms in total. The Morgan fingerprint density at radius 2 is 2.39 bits per heavy atom. The number of hydrogen-bond donors (Lipinski definition) is 2. The van der Waals surface area contributed by atoms with Gasteiger partial charge in [-0.3, -0.25) is 4.79 Å². The van der Waals surface area contributed by atoms with Gasteiger partial charge in [-0.25, -0.2) is 4.98 Å². The van der Waals surface area contributed by atoms with Gasteiger partial charge in [-0.1, -0.05) is 0 Å². The quantitative estimate of drug-likeness (QED) is 0.758. The Morgan fingerprint density at radius 3 is 3.26 bits per heavy atom. The minimum atomic E-state index is -0.107. The Balaban J connectivity index is 1.58. The predicted molar refractivity (Wildman–Crippen MR) is 90.1 cm³/mol. The van der Waals surface area contributed by atoms with Gasteiger partial charge in [0.2, 0.25) is 5.91 Å². The zero-order chi connectivity index (χ0) is 16.1. The van der Waals surface area contributed by atoms with E-state index in [-0.39, 0.29) is 12.5 Å². The molecule has 0 saturated carbocycles. The van der Waals surface area contributed by atoms with Crippen molar-refractivity contribution in [2.75, 3.05) is 38.7 Å². The van der Waals surface area contributed by atoms with E-state index < -0.39 is 0 Å². The average molecular weight is 333 g/mol. The number of nitrogens with one attached hydrogen (secondary N) is 2. The molecule has 1 aromatic carbocycles. The molecule has 2 N–H and O–H groups in total. The van der Waals surface area contributed by atoms with Gasteiger partial charge in [0.15, 0.2) is 5.13 Å². The second-order valence-corrected chi connectivity index (χ2v) is 6.03. The normalized spacial score (nSPS) is 12.7. The Labute approximate surface area is 138 Å². The maximum absolute atomic E-state index is 11.8. The van der Waals surface area contributed by atoms with E-state index in [4.69, 9.17) is 9.47 Å². The van der Waals surface area contributed by atoms with Crippen molar-refractivity contribution in [3.05, 3.63) is 29.1 Å². The highest BCUT2D eigenvalue weighted by atomic mass is 32.1. The van der Waals surface area contributed by atoms with Crippen molar-refractivity contribution in [1.29, 1.82) is 0 Å².